The van der Waals surface area contributed by atoms with Gasteiger partial charge < -0.3 is 9.73 Å². The Hall–Kier alpha value is -2.39. The Morgan fingerprint density at radius 1 is 1.06 bits per heavy atom. The number of furan rings is 1. The third kappa shape index (κ3) is 3.85. The highest BCUT2D eigenvalue weighted by Gasteiger charge is 2.29. The molecule has 0 radical (unpaired) electrons. The van der Waals surface area contributed by atoms with Crippen molar-refractivity contribution in [2.45, 2.75) is 36.3 Å². The summed E-state index contributed by atoms with van der Waals surface area (Å²) >= 11 is 2.21. The van der Waals surface area contributed by atoms with E-state index >= 15 is 0 Å². The fourth-order valence-corrected chi connectivity index (χ4v) is 6.19. The SMILES string of the molecule is O=C1Nc2ccc(I)cc2C1=Cc1oc2c(c1CS(=O)(=O)c1ccccc1)CCCC2. The summed E-state index contributed by atoms with van der Waals surface area (Å²) in [5.41, 5.74) is 3.73. The number of fused-ring (bicyclic) bond motifs is 2. The van der Waals surface area contributed by atoms with E-state index < -0.39 is 9.84 Å². The molecule has 0 fully saturated rings. The van der Waals surface area contributed by atoms with Crippen LogP contribution in [0.5, 0.6) is 0 Å². The molecule has 2 heterocycles. The van der Waals surface area contributed by atoms with Crippen molar-refractivity contribution in [2.75, 3.05) is 5.32 Å². The van der Waals surface area contributed by atoms with Crippen LogP contribution < -0.4 is 5.32 Å². The van der Waals surface area contributed by atoms with Gasteiger partial charge in [-0.25, -0.2) is 8.42 Å². The number of halogens is 1. The molecule has 3 aromatic rings. The lowest BCUT2D eigenvalue weighted by molar-refractivity contribution is -0.110. The summed E-state index contributed by atoms with van der Waals surface area (Å²) in [6, 6.07) is 14.2. The summed E-state index contributed by atoms with van der Waals surface area (Å²) in [6.07, 6.45) is 5.32. The molecule has 1 aromatic heterocycles. The van der Waals surface area contributed by atoms with E-state index in [4.69, 9.17) is 4.42 Å². The molecule has 0 spiro atoms. The zero-order valence-corrected chi connectivity index (χ0v) is 19.6. The summed E-state index contributed by atoms with van der Waals surface area (Å²) < 4.78 is 33.4. The second-order valence-electron chi connectivity index (χ2n) is 7.83. The maximum atomic E-state index is 13.1. The van der Waals surface area contributed by atoms with E-state index in [1.54, 1.807) is 36.4 Å². The lowest BCUT2D eigenvalue weighted by Crippen LogP contribution is -2.09. The largest absolute Gasteiger partial charge is 0.461 e. The molecule has 1 aliphatic carbocycles. The van der Waals surface area contributed by atoms with E-state index in [9.17, 15) is 13.2 Å². The third-order valence-corrected chi connectivity index (χ3v) is 8.12. The van der Waals surface area contributed by atoms with Gasteiger partial charge in [0.05, 0.1) is 16.2 Å². The van der Waals surface area contributed by atoms with Gasteiger partial charge in [-0.2, -0.15) is 0 Å². The predicted octanol–water partition coefficient (Wildman–Crippen LogP) is 5.23. The number of amides is 1. The molecule has 1 aliphatic heterocycles. The van der Waals surface area contributed by atoms with Crippen molar-refractivity contribution in [3.05, 3.63) is 80.3 Å². The molecule has 2 aliphatic rings. The van der Waals surface area contributed by atoms with Gasteiger partial charge in [0.1, 0.15) is 11.5 Å². The third-order valence-electron chi connectivity index (χ3n) is 5.79. The fourth-order valence-electron chi connectivity index (χ4n) is 4.26. The average molecular weight is 545 g/mol. The highest BCUT2D eigenvalue weighted by atomic mass is 127. The highest BCUT2D eigenvalue weighted by molar-refractivity contribution is 14.1. The topological polar surface area (TPSA) is 76.4 Å². The lowest BCUT2D eigenvalue weighted by Gasteiger charge is -2.11. The van der Waals surface area contributed by atoms with Gasteiger partial charge in [-0.3, -0.25) is 4.79 Å². The van der Waals surface area contributed by atoms with Crippen LogP contribution in [-0.2, 0) is 33.2 Å². The van der Waals surface area contributed by atoms with Gasteiger partial charge in [0.25, 0.3) is 5.91 Å². The molecule has 0 saturated carbocycles. The van der Waals surface area contributed by atoms with Crippen LogP contribution in [0.3, 0.4) is 0 Å². The van der Waals surface area contributed by atoms with Crippen molar-refractivity contribution in [3.63, 3.8) is 0 Å². The van der Waals surface area contributed by atoms with Gasteiger partial charge in [0, 0.05) is 26.8 Å². The molecule has 1 N–H and O–H groups in total. The van der Waals surface area contributed by atoms with E-state index in [2.05, 4.69) is 27.9 Å². The standard InChI is InChI=1S/C24H20INO4S/c25-15-10-11-21-18(12-15)19(24(27)26-21)13-23-20(17-8-4-5-9-22(17)30-23)14-31(28,29)16-6-2-1-3-7-16/h1-3,6-7,10-13H,4-5,8-9,14H2,(H,26,27). The maximum absolute atomic E-state index is 13.1. The average Bonchev–Trinajstić information content (AvgIpc) is 3.26. The van der Waals surface area contributed by atoms with Gasteiger partial charge in [-0.1, -0.05) is 18.2 Å². The molecule has 5 nitrogen and oxygen atoms in total. The van der Waals surface area contributed by atoms with Gasteiger partial charge >= 0.3 is 0 Å². The van der Waals surface area contributed by atoms with E-state index in [0.717, 1.165) is 51.8 Å². The Kier molecular flexibility index (Phi) is 5.26. The number of rotatable bonds is 4. The first kappa shape index (κ1) is 20.5. The Balaban J connectivity index is 1.63. The van der Waals surface area contributed by atoms with E-state index in [0.29, 0.717) is 16.9 Å². The van der Waals surface area contributed by atoms with Crippen LogP contribution in [0.25, 0.3) is 11.6 Å². The minimum Gasteiger partial charge on any atom is -0.461 e. The Bertz CT molecular complexity index is 1320. The normalized spacial score (nSPS) is 16.8. The Morgan fingerprint density at radius 3 is 2.65 bits per heavy atom. The van der Waals surface area contributed by atoms with Crippen molar-refractivity contribution in [1.82, 2.24) is 0 Å². The first-order valence-corrected chi connectivity index (χ1v) is 12.9. The highest BCUT2D eigenvalue weighted by Crippen LogP contribution is 2.38. The first-order valence-electron chi connectivity index (χ1n) is 10.2. The lowest BCUT2D eigenvalue weighted by atomic mass is 9.95. The van der Waals surface area contributed by atoms with Crippen LogP contribution in [0.15, 0.2) is 57.8 Å². The van der Waals surface area contributed by atoms with Gasteiger partial charge in [-0.05, 0) is 83.8 Å². The summed E-state index contributed by atoms with van der Waals surface area (Å²) in [7, 11) is -3.54. The van der Waals surface area contributed by atoms with Crippen molar-refractivity contribution in [2.24, 2.45) is 0 Å². The Morgan fingerprint density at radius 2 is 1.84 bits per heavy atom. The second kappa shape index (κ2) is 7.94. The summed E-state index contributed by atoms with van der Waals surface area (Å²) in [5.74, 6) is 0.972. The van der Waals surface area contributed by atoms with Crippen LogP contribution in [0.4, 0.5) is 5.69 Å². The number of hydrogen-bond acceptors (Lipinski definition) is 4. The molecular formula is C24H20INO4S. The molecule has 1 amide bonds. The van der Waals surface area contributed by atoms with Gasteiger partial charge in [-0.15, -0.1) is 0 Å². The molecule has 158 valence electrons. The van der Waals surface area contributed by atoms with Gasteiger partial charge in [0.15, 0.2) is 9.84 Å². The maximum Gasteiger partial charge on any atom is 0.256 e. The number of aryl methyl sites for hydroxylation is 1. The number of nitrogens with one attached hydrogen (secondary N) is 1. The first-order chi connectivity index (χ1) is 14.9. The van der Waals surface area contributed by atoms with Crippen molar-refractivity contribution >= 4 is 55.7 Å². The smallest absolute Gasteiger partial charge is 0.256 e. The summed E-state index contributed by atoms with van der Waals surface area (Å²) in [5, 5.41) is 2.88. The number of carbonyl (C=O) groups is 1. The molecule has 31 heavy (non-hydrogen) atoms. The fraction of sp³-hybridized carbons (Fsp3) is 0.208. The summed E-state index contributed by atoms with van der Waals surface area (Å²) in [4.78, 5) is 13.0. The van der Waals surface area contributed by atoms with Crippen LogP contribution in [0.2, 0.25) is 0 Å². The molecule has 5 rings (SSSR count). The molecule has 2 aromatic carbocycles. The Labute approximate surface area is 194 Å². The van der Waals surface area contributed by atoms with E-state index in [1.165, 1.54) is 0 Å². The zero-order chi connectivity index (χ0) is 21.6. The number of anilines is 1. The number of sulfone groups is 1. The monoisotopic (exact) mass is 545 g/mol. The van der Waals surface area contributed by atoms with Crippen molar-refractivity contribution in [3.8, 4) is 0 Å². The van der Waals surface area contributed by atoms with Crippen LogP contribution >= 0.6 is 22.6 Å². The molecule has 0 saturated heterocycles. The molecule has 0 bridgehead atoms. The van der Waals surface area contributed by atoms with Crippen LogP contribution in [-0.4, -0.2) is 14.3 Å². The molecular weight excluding hydrogens is 525 g/mol. The predicted molar refractivity (Wildman–Crippen MR) is 128 cm³/mol. The molecule has 7 heteroatoms. The van der Waals surface area contributed by atoms with E-state index in [-0.39, 0.29) is 16.6 Å². The van der Waals surface area contributed by atoms with E-state index in [1.807, 2.05) is 18.2 Å². The van der Waals surface area contributed by atoms with Crippen molar-refractivity contribution in [1.29, 1.82) is 0 Å². The van der Waals surface area contributed by atoms with Crippen LogP contribution in [0.1, 0.15) is 41.1 Å². The minimum atomic E-state index is -3.54. The molecule has 0 unspecified atom stereocenters. The van der Waals surface area contributed by atoms with Crippen molar-refractivity contribution < 1.29 is 17.6 Å². The van der Waals surface area contributed by atoms with Crippen LogP contribution in [0, 0.1) is 3.57 Å². The quantitative estimate of drug-likeness (QED) is 0.360. The number of hydrogen-bond donors (Lipinski definition) is 1. The summed E-state index contributed by atoms with van der Waals surface area (Å²) in [6.45, 7) is 0. The minimum absolute atomic E-state index is 0.143. The number of benzene rings is 2. The molecule has 0 atom stereocenters. The number of carbonyl (C=O) groups excluding carboxylic acids is 1. The second-order valence-corrected chi connectivity index (χ2v) is 11.1. The zero-order valence-electron chi connectivity index (χ0n) is 16.7. The van der Waals surface area contributed by atoms with Gasteiger partial charge in [0.2, 0.25) is 0 Å².